The van der Waals surface area contributed by atoms with Crippen LogP contribution in [0.15, 0.2) is 66.7 Å². The molecule has 0 saturated carbocycles. The molecule has 9 nitrogen and oxygen atoms in total. The van der Waals surface area contributed by atoms with Gasteiger partial charge in [-0.25, -0.2) is 4.79 Å². The van der Waals surface area contributed by atoms with E-state index in [4.69, 9.17) is 4.74 Å². The van der Waals surface area contributed by atoms with Gasteiger partial charge < -0.3 is 19.9 Å². The maximum absolute atomic E-state index is 14.0. The molecule has 0 aromatic heterocycles. The zero-order chi connectivity index (χ0) is 36.2. The molecule has 0 bridgehead atoms. The van der Waals surface area contributed by atoms with E-state index in [2.05, 4.69) is 79.2 Å². The van der Waals surface area contributed by atoms with Crippen molar-refractivity contribution >= 4 is 53.5 Å². The van der Waals surface area contributed by atoms with Crippen LogP contribution >= 0.6 is 0 Å². The van der Waals surface area contributed by atoms with Gasteiger partial charge in [0.2, 0.25) is 0 Å². The Morgan fingerprint density at radius 1 is 0.731 bits per heavy atom. The summed E-state index contributed by atoms with van der Waals surface area (Å²) in [6.45, 7) is 13.5. The number of imide groups is 1. The summed E-state index contributed by atoms with van der Waals surface area (Å²) < 4.78 is 6.74. The molecule has 6 aliphatic heterocycles. The second kappa shape index (κ2) is 11.4. The number of carbonyl (C=O) groups excluding carboxylic acids is 4. The van der Waals surface area contributed by atoms with Crippen molar-refractivity contribution in [3.63, 3.8) is 0 Å². The molecule has 268 valence electrons. The van der Waals surface area contributed by atoms with E-state index in [9.17, 15) is 19.2 Å². The standard InChI is InChI=1S/C42H46N4O5Si/c1-40(2)23-44(24-40)28-9-12-31-34(21-28)52(18-6-5-7-19-52)35-22-29(45-25-41(3,4)26-45)10-13-32(35)42(31)33-20-27(8-11-30(33)39(50)51-42)38(49)43-16-17-46-36(47)14-15-37(46)48/h8-15,20-22H,5-7,16-19,23-26H2,1-4H3,(H,43,49). The highest BCUT2D eigenvalue weighted by Crippen LogP contribution is 2.52. The van der Waals surface area contributed by atoms with Crippen molar-refractivity contribution in [2.45, 2.75) is 64.6 Å². The summed E-state index contributed by atoms with van der Waals surface area (Å²) in [6.07, 6.45) is 6.08. The number of ether oxygens (including phenoxy) is 1. The fraction of sp³-hybridized carbons (Fsp3) is 0.429. The SMILES string of the molecule is CC1(C)CN(c2ccc3c(c2)[Si]2(CCCCC2)c2cc(N4CC(C)(C)C4)ccc2C32OC(=O)c3ccc(C(=O)NCCN4C(=O)C=CC4=O)cc32)C1. The molecule has 3 saturated heterocycles. The lowest BCUT2D eigenvalue weighted by atomic mass is 9.78. The van der Waals surface area contributed by atoms with Gasteiger partial charge in [-0.15, -0.1) is 0 Å². The molecule has 3 amide bonds. The molecule has 1 N–H and O–H groups in total. The van der Waals surface area contributed by atoms with E-state index in [0.29, 0.717) is 16.7 Å². The van der Waals surface area contributed by atoms with E-state index in [0.717, 1.165) is 54.3 Å². The number of anilines is 2. The summed E-state index contributed by atoms with van der Waals surface area (Å²) in [5.41, 5.74) is 5.46. The topological polar surface area (TPSA) is 99.3 Å². The predicted molar refractivity (Wildman–Crippen MR) is 203 cm³/mol. The van der Waals surface area contributed by atoms with Crippen LogP contribution in [-0.2, 0) is 19.9 Å². The summed E-state index contributed by atoms with van der Waals surface area (Å²) in [5.74, 6) is -1.50. The molecule has 3 aromatic rings. The summed E-state index contributed by atoms with van der Waals surface area (Å²) in [7, 11) is -2.32. The third-order valence-corrected chi connectivity index (χ3v) is 17.7. The minimum absolute atomic E-state index is 0.0768. The zero-order valence-electron chi connectivity index (χ0n) is 30.5. The Morgan fingerprint density at radius 3 is 1.83 bits per heavy atom. The average molecular weight is 715 g/mol. The van der Waals surface area contributed by atoms with Gasteiger partial charge in [0.1, 0.15) is 8.07 Å². The number of hydrogen-bond donors (Lipinski definition) is 1. The first-order valence-corrected chi connectivity index (χ1v) is 21.2. The van der Waals surface area contributed by atoms with Crippen molar-refractivity contribution in [1.29, 1.82) is 0 Å². The summed E-state index contributed by atoms with van der Waals surface area (Å²) in [6, 6.07) is 21.3. The third kappa shape index (κ3) is 4.93. The van der Waals surface area contributed by atoms with Gasteiger partial charge in [-0.2, -0.15) is 0 Å². The van der Waals surface area contributed by atoms with Crippen molar-refractivity contribution in [2.24, 2.45) is 10.8 Å². The lowest BCUT2D eigenvalue weighted by molar-refractivity contribution is -0.136. The normalized spacial score (nSPS) is 22.5. The minimum Gasteiger partial charge on any atom is -0.441 e. The summed E-state index contributed by atoms with van der Waals surface area (Å²) in [4.78, 5) is 57.8. The third-order valence-electron chi connectivity index (χ3n) is 12.4. The van der Waals surface area contributed by atoms with Crippen LogP contribution in [0.3, 0.4) is 0 Å². The first-order chi connectivity index (χ1) is 24.8. The Hall–Kier alpha value is -4.70. The Balaban J connectivity index is 1.18. The number of hydrogen-bond acceptors (Lipinski definition) is 7. The van der Waals surface area contributed by atoms with Crippen LogP contribution in [0.25, 0.3) is 0 Å². The second-order valence-corrected chi connectivity index (χ2v) is 21.6. The van der Waals surface area contributed by atoms with Gasteiger partial charge >= 0.3 is 5.97 Å². The van der Waals surface area contributed by atoms with E-state index in [1.165, 1.54) is 53.2 Å². The fourth-order valence-electron chi connectivity index (χ4n) is 10.0. The Labute approximate surface area is 306 Å². The van der Waals surface area contributed by atoms with Crippen LogP contribution in [0.5, 0.6) is 0 Å². The molecular formula is C42H46N4O5Si. The molecule has 6 aliphatic rings. The fourth-order valence-corrected chi connectivity index (χ4v) is 15.7. The minimum atomic E-state index is -2.32. The predicted octanol–water partition coefficient (Wildman–Crippen LogP) is 4.56. The molecule has 52 heavy (non-hydrogen) atoms. The molecule has 0 unspecified atom stereocenters. The van der Waals surface area contributed by atoms with Gasteiger partial charge in [-0.05, 0) is 75.8 Å². The number of amides is 3. The average Bonchev–Trinajstić information content (AvgIpc) is 3.59. The van der Waals surface area contributed by atoms with Crippen molar-refractivity contribution in [2.75, 3.05) is 49.1 Å². The van der Waals surface area contributed by atoms with Gasteiger partial charge in [-0.3, -0.25) is 19.3 Å². The van der Waals surface area contributed by atoms with E-state index in [-0.39, 0.29) is 47.6 Å². The van der Waals surface area contributed by atoms with E-state index >= 15 is 0 Å². The quantitative estimate of drug-likeness (QED) is 0.227. The molecule has 0 aliphatic carbocycles. The number of nitrogens with zero attached hydrogens (tertiary/aromatic N) is 3. The molecule has 2 spiro atoms. The van der Waals surface area contributed by atoms with Gasteiger partial charge in [0.25, 0.3) is 17.7 Å². The van der Waals surface area contributed by atoms with E-state index in [1.807, 2.05) is 6.07 Å². The van der Waals surface area contributed by atoms with Crippen LogP contribution in [0, 0.1) is 10.8 Å². The maximum atomic E-state index is 14.0. The molecule has 0 radical (unpaired) electrons. The highest BCUT2D eigenvalue weighted by atomic mass is 28.3. The first kappa shape index (κ1) is 33.2. The van der Waals surface area contributed by atoms with Crippen molar-refractivity contribution in [3.8, 4) is 0 Å². The highest BCUT2D eigenvalue weighted by Gasteiger charge is 2.59. The highest BCUT2D eigenvalue weighted by molar-refractivity contribution is 7.03. The molecule has 10 heteroatoms. The van der Waals surface area contributed by atoms with Gasteiger partial charge in [0.05, 0.1) is 5.56 Å². The lowest BCUT2D eigenvalue weighted by Gasteiger charge is -2.51. The van der Waals surface area contributed by atoms with Crippen LogP contribution in [0.2, 0.25) is 12.1 Å². The smallest absolute Gasteiger partial charge is 0.340 e. The van der Waals surface area contributed by atoms with E-state index < -0.39 is 13.7 Å². The number of fused-ring (bicyclic) bond motifs is 8. The van der Waals surface area contributed by atoms with E-state index in [1.54, 1.807) is 12.1 Å². The van der Waals surface area contributed by atoms with Crippen molar-refractivity contribution in [3.05, 3.63) is 94.6 Å². The number of benzene rings is 3. The van der Waals surface area contributed by atoms with Gasteiger partial charge in [0, 0.05) is 85.0 Å². The Kier molecular flexibility index (Phi) is 7.27. The van der Waals surface area contributed by atoms with Crippen molar-refractivity contribution < 1.29 is 23.9 Å². The monoisotopic (exact) mass is 714 g/mol. The van der Waals surface area contributed by atoms with Gasteiger partial charge in [0.15, 0.2) is 5.60 Å². The number of carbonyl (C=O) groups is 4. The molecular weight excluding hydrogens is 669 g/mol. The number of esters is 1. The van der Waals surface area contributed by atoms with Crippen LogP contribution < -0.4 is 25.5 Å². The first-order valence-electron chi connectivity index (χ1n) is 18.8. The Bertz CT molecular complexity index is 2000. The molecule has 9 rings (SSSR count). The number of rotatable bonds is 6. The largest absolute Gasteiger partial charge is 0.441 e. The summed E-state index contributed by atoms with van der Waals surface area (Å²) >= 11 is 0. The molecule has 3 fully saturated rings. The zero-order valence-corrected chi connectivity index (χ0v) is 31.5. The lowest BCUT2D eigenvalue weighted by Crippen LogP contribution is -2.67. The van der Waals surface area contributed by atoms with Gasteiger partial charge in [-0.1, -0.05) is 59.1 Å². The molecule has 0 atom stereocenters. The molecule has 3 aromatic carbocycles. The summed E-state index contributed by atoms with van der Waals surface area (Å²) in [5, 5.41) is 5.62. The number of nitrogens with one attached hydrogen (secondary N) is 1. The maximum Gasteiger partial charge on any atom is 0.340 e. The van der Waals surface area contributed by atoms with Crippen LogP contribution in [0.1, 0.15) is 84.4 Å². The van der Waals surface area contributed by atoms with Crippen LogP contribution in [-0.4, -0.2) is 75.9 Å². The second-order valence-electron chi connectivity index (χ2n) is 17.4. The van der Waals surface area contributed by atoms with Crippen LogP contribution in [0.4, 0.5) is 11.4 Å². The van der Waals surface area contributed by atoms with Crippen molar-refractivity contribution in [1.82, 2.24) is 10.2 Å². The Morgan fingerprint density at radius 2 is 1.29 bits per heavy atom. The molecule has 6 heterocycles.